The largest absolute Gasteiger partial charge is 0.459 e. The van der Waals surface area contributed by atoms with Crippen LogP contribution in [0.3, 0.4) is 0 Å². The number of carbonyl (C=O) groups is 3. The highest BCUT2D eigenvalue weighted by molar-refractivity contribution is 5.90. The zero-order chi connectivity index (χ0) is 65.4. The van der Waals surface area contributed by atoms with Gasteiger partial charge in [0.05, 0.1) is 16.5 Å². The van der Waals surface area contributed by atoms with Gasteiger partial charge >= 0.3 is 55.0 Å². The summed E-state index contributed by atoms with van der Waals surface area (Å²) in [5.41, 5.74) is -16.0. The normalized spacial score (nSPS) is 19.4. The van der Waals surface area contributed by atoms with Gasteiger partial charge in [0.25, 0.3) is 11.2 Å². The third-order valence-corrected chi connectivity index (χ3v) is 15.0. The van der Waals surface area contributed by atoms with Crippen LogP contribution in [0.15, 0.2) is 72.8 Å². The molecule has 10 nitrogen and oxygen atoms in total. The van der Waals surface area contributed by atoms with Crippen molar-refractivity contribution in [2.24, 2.45) is 17.3 Å². The highest BCUT2D eigenvalue weighted by atomic mass is 19.4. The predicted octanol–water partition coefficient (Wildman–Crippen LogP) is 15.2. The molecule has 84 heavy (non-hydrogen) atoms. The Hall–Kier alpha value is -5.35. The summed E-state index contributed by atoms with van der Waals surface area (Å²) >= 11 is 0. The van der Waals surface area contributed by atoms with Crippen LogP contribution in [-0.4, -0.2) is 110 Å². The van der Waals surface area contributed by atoms with Crippen LogP contribution in [0.25, 0.3) is 0 Å². The highest BCUT2D eigenvalue weighted by Gasteiger charge is 2.75. The van der Waals surface area contributed by atoms with Gasteiger partial charge in [0.2, 0.25) is 0 Å². The van der Waals surface area contributed by atoms with Gasteiger partial charge < -0.3 is 34.6 Å². The van der Waals surface area contributed by atoms with Gasteiger partial charge in [0, 0.05) is 24.7 Å². The molecule has 3 aromatic carbocycles. The topological polar surface area (TPSA) is 160 Å². The third kappa shape index (κ3) is 18.6. The number of aliphatic hydroxyl groups is 4. The lowest BCUT2D eigenvalue weighted by atomic mass is 9.66. The summed E-state index contributed by atoms with van der Waals surface area (Å²) in [6.07, 6.45) is -41.3. The maximum Gasteiger partial charge on any atom is 0.426 e. The van der Waals surface area contributed by atoms with Crippen LogP contribution in [0, 0.1) is 17.3 Å². The number of rotatable bonds is 17. The number of alkyl halides is 18. The van der Waals surface area contributed by atoms with Gasteiger partial charge in [0.1, 0.15) is 18.0 Å². The molecule has 478 valence electrons. The minimum atomic E-state index is -6.30. The maximum atomic E-state index is 13.5. The van der Waals surface area contributed by atoms with Gasteiger partial charge in [-0.15, -0.1) is 0 Å². The highest BCUT2D eigenvalue weighted by Crippen LogP contribution is 2.55. The van der Waals surface area contributed by atoms with Crippen molar-refractivity contribution in [2.45, 2.75) is 204 Å². The number of hydrogen-bond acceptors (Lipinski definition) is 10. The number of hydrogen-bond donors (Lipinski definition) is 4. The molecule has 1 saturated carbocycles. The number of halogens is 18. The first kappa shape index (κ1) is 74.7. The molecule has 0 radical (unpaired) electrons. The van der Waals surface area contributed by atoms with Crippen molar-refractivity contribution >= 4 is 17.9 Å². The lowest BCUT2D eigenvalue weighted by Gasteiger charge is -2.47. The number of carbonyl (C=O) groups excluding carboxylic acids is 3. The van der Waals surface area contributed by atoms with Crippen LogP contribution < -0.4 is 4.74 Å². The summed E-state index contributed by atoms with van der Waals surface area (Å²) in [6.45, 7) is 15.2. The van der Waals surface area contributed by atoms with Crippen molar-refractivity contribution in [2.75, 3.05) is 0 Å². The first-order valence-corrected chi connectivity index (χ1v) is 26.0. The molecule has 28 heteroatoms. The zero-order valence-electron chi connectivity index (χ0n) is 47.1. The molecule has 8 unspecified atom stereocenters. The molecule has 0 bridgehead atoms. The second kappa shape index (κ2) is 27.6. The van der Waals surface area contributed by atoms with Crippen LogP contribution >= 0.6 is 0 Å². The zero-order valence-corrected chi connectivity index (χ0v) is 47.1. The van der Waals surface area contributed by atoms with E-state index in [2.05, 4.69) is 13.8 Å². The summed E-state index contributed by atoms with van der Waals surface area (Å²) in [6, 6.07) is 16.6. The molecule has 3 aromatic rings. The molecule has 0 saturated heterocycles. The Morgan fingerprint density at radius 3 is 1.29 bits per heavy atom. The van der Waals surface area contributed by atoms with E-state index >= 15 is 0 Å². The van der Waals surface area contributed by atoms with E-state index in [0.29, 0.717) is 19.3 Å². The van der Waals surface area contributed by atoms with Crippen molar-refractivity contribution in [1.82, 2.24) is 0 Å². The lowest BCUT2D eigenvalue weighted by molar-refractivity contribution is -0.391. The molecule has 4 N–H and O–H groups in total. The van der Waals surface area contributed by atoms with E-state index < -0.39 is 144 Å². The Bertz CT molecular complexity index is 2560. The van der Waals surface area contributed by atoms with E-state index in [0.717, 1.165) is 48.2 Å². The molecular formula is C56H68F18O10. The second-order valence-corrected chi connectivity index (χ2v) is 21.9. The molecule has 8 atom stereocenters. The quantitative estimate of drug-likeness (QED) is 0.0582. The molecule has 1 aliphatic rings. The summed E-state index contributed by atoms with van der Waals surface area (Å²) < 4.78 is 250. The SMILES string of the molecule is CCC(C)(C)C(=O)Oc1ccc(CC(O)(C(F)(F)F)C(F)(F)F)cc1.CCC(C)c1ccc(C(=O)OC(C)CC(C)(O)C(F)(F)F)cc1.CCC(C)c1ccc(C(=O)OC2CC(C(C)(O)C(F)(F)F)CC(C(O)(C(F)(F)F)C(F)(F)F)C2)cc1. The number of benzene rings is 3. The Morgan fingerprint density at radius 2 is 0.929 bits per heavy atom. The minimum Gasteiger partial charge on any atom is -0.459 e. The van der Waals surface area contributed by atoms with Gasteiger partial charge in [-0.1, -0.05) is 71.0 Å². The minimum absolute atomic E-state index is 0.0159. The van der Waals surface area contributed by atoms with Gasteiger partial charge in [-0.05, 0) is 138 Å². The molecule has 0 aromatic heterocycles. The molecule has 1 fully saturated rings. The first-order valence-electron chi connectivity index (χ1n) is 26.0. The average Bonchev–Trinajstić information content (AvgIpc) is 1.49. The Kier molecular flexibility index (Phi) is 24.5. The molecule has 0 aliphatic heterocycles. The smallest absolute Gasteiger partial charge is 0.426 e. The van der Waals surface area contributed by atoms with Crippen LogP contribution in [0.4, 0.5) is 79.0 Å². The van der Waals surface area contributed by atoms with Gasteiger partial charge in [-0.25, -0.2) is 9.59 Å². The fraction of sp³-hybridized carbons (Fsp3) is 0.625. The number of esters is 3. The summed E-state index contributed by atoms with van der Waals surface area (Å²) in [5.74, 6) is -7.10. The fourth-order valence-electron chi connectivity index (χ4n) is 8.29. The Morgan fingerprint density at radius 1 is 0.524 bits per heavy atom. The van der Waals surface area contributed by atoms with Crippen molar-refractivity contribution in [3.63, 3.8) is 0 Å². The predicted molar refractivity (Wildman–Crippen MR) is 267 cm³/mol. The Balaban J connectivity index is 0.000000445. The number of ether oxygens (including phenoxy) is 3. The van der Waals surface area contributed by atoms with Crippen LogP contribution in [-0.2, 0) is 20.7 Å². The second-order valence-electron chi connectivity index (χ2n) is 21.9. The van der Waals surface area contributed by atoms with E-state index in [1.165, 1.54) is 19.1 Å². The van der Waals surface area contributed by atoms with Crippen LogP contribution in [0.5, 0.6) is 5.75 Å². The monoisotopic (exact) mass is 1240 g/mol. The molecule has 0 amide bonds. The maximum absolute atomic E-state index is 13.5. The molecule has 1 aliphatic carbocycles. The summed E-state index contributed by atoms with van der Waals surface area (Å²) in [4.78, 5) is 36.4. The van der Waals surface area contributed by atoms with Crippen LogP contribution in [0.1, 0.15) is 163 Å². The molecule has 0 spiro atoms. The van der Waals surface area contributed by atoms with Gasteiger partial charge in [-0.2, -0.15) is 79.0 Å². The standard InChI is InChI=1S/C23H27F9O4.C17H23F3O3.C16H18F6O3/c1-4-12(2)13-5-7-14(8-6-13)18(33)36-17-10-15(19(3,34)21(24,25)26)9-16(11-17)20(35,22(27,28)29)23(30,31)32;1-5-11(2)13-6-8-14(9-7-13)15(21)23-12(3)10-16(4,22)17(18,19)20;1-4-13(2,3)12(23)25-11-7-5-10(6-8-11)9-14(24,15(17,18)19)16(20,21)22/h5-8,12,15-17,34-35H,4,9-11H2,1-3H3;6-9,11-12,22H,5,10H2,1-4H3;5-8,24H,4,9H2,1-3H3. The molecule has 4 rings (SSSR count). The van der Waals surface area contributed by atoms with Gasteiger partial charge in [0.15, 0.2) is 11.2 Å². The van der Waals surface area contributed by atoms with E-state index in [-0.39, 0.29) is 29.7 Å². The van der Waals surface area contributed by atoms with Crippen molar-refractivity contribution in [1.29, 1.82) is 0 Å². The summed E-state index contributed by atoms with van der Waals surface area (Å²) in [7, 11) is 0. The third-order valence-electron chi connectivity index (χ3n) is 15.0. The van der Waals surface area contributed by atoms with Crippen LogP contribution in [0.2, 0.25) is 0 Å². The molecular weight excluding hydrogens is 1170 g/mol. The van der Waals surface area contributed by atoms with E-state index in [1.54, 1.807) is 57.2 Å². The summed E-state index contributed by atoms with van der Waals surface area (Å²) in [5, 5.41) is 38.4. The van der Waals surface area contributed by atoms with Gasteiger partial charge in [-0.3, -0.25) is 4.79 Å². The average molecular weight is 1240 g/mol. The Labute approximate surface area is 472 Å². The first-order chi connectivity index (χ1) is 37.8. The van der Waals surface area contributed by atoms with E-state index in [4.69, 9.17) is 19.3 Å². The van der Waals surface area contributed by atoms with Crippen molar-refractivity contribution in [3.8, 4) is 5.75 Å². The van der Waals surface area contributed by atoms with Crippen molar-refractivity contribution < 1.29 is 128 Å². The van der Waals surface area contributed by atoms with E-state index in [1.807, 2.05) is 13.8 Å². The fourth-order valence-corrected chi connectivity index (χ4v) is 8.29. The lowest BCUT2D eigenvalue weighted by Crippen LogP contribution is -2.64. The van der Waals surface area contributed by atoms with E-state index in [9.17, 15) is 109 Å². The van der Waals surface area contributed by atoms with Crippen molar-refractivity contribution in [3.05, 3.63) is 101 Å². The molecule has 0 heterocycles.